The highest BCUT2D eigenvalue weighted by molar-refractivity contribution is 5.94. The summed E-state index contributed by atoms with van der Waals surface area (Å²) in [7, 11) is 0. The summed E-state index contributed by atoms with van der Waals surface area (Å²) in [6.45, 7) is 0.394. The lowest BCUT2D eigenvalue weighted by Crippen LogP contribution is -2.46. The summed E-state index contributed by atoms with van der Waals surface area (Å²) in [4.78, 5) is 40.3. The summed E-state index contributed by atoms with van der Waals surface area (Å²) in [5, 5.41) is 11.6. The first-order chi connectivity index (χ1) is 14.7. The van der Waals surface area contributed by atoms with Crippen LogP contribution < -0.4 is 11.1 Å². The van der Waals surface area contributed by atoms with Gasteiger partial charge in [0.15, 0.2) is 0 Å². The van der Waals surface area contributed by atoms with Gasteiger partial charge in [0.1, 0.15) is 12.1 Å². The first-order valence-electron chi connectivity index (χ1n) is 10.2. The Morgan fingerprint density at radius 1 is 1.32 bits per heavy atom. The highest BCUT2D eigenvalue weighted by Crippen LogP contribution is 2.34. The van der Waals surface area contributed by atoms with Gasteiger partial charge < -0.3 is 20.9 Å². The van der Waals surface area contributed by atoms with Crippen LogP contribution in [0.25, 0.3) is 0 Å². The van der Waals surface area contributed by atoms with Crippen molar-refractivity contribution in [2.75, 3.05) is 6.54 Å². The summed E-state index contributed by atoms with van der Waals surface area (Å²) in [6.07, 6.45) is -0.740. The van der Waals surface area contributed by atoms with E-state index in [9.17, 15) is 23.2 Å². The fourth-order valence-electron chi connectivity index (χ4n) is 4.64. The van der Waals surface area contributed by atoms with Crippen molar-refractivity contribution in [3.05, 3.63) is 34.9 Å². The van der Waals surface area contributed by atoms with Crippen LogP contribution in [0.2, 0.25) is 0 Å². The first kappa shape index (κ1) is 21.2. The molecule has 1 aromatic rings. The van der Waals surface area contributed by atoms with Gasteiger partial charge >= 0.3 is 0 Å². The number of fused-ring (bicyclic) bond motifs is 1. The molecule has 4 rings (SSSR count). The molecule has 1 aromatic carbocycles. The van der Waals surface area contributed by atoms with Crippen molar-refractivity contribution in [2.24, 2.45) is 11.7 Å². The maximum absolute atomic E-state index is 13.7. The zero-order valence-corrected chi connectivity index (χ0v) is 16.8. The average Bonchev–Trinajstić information content (AvgIpc) is 3.41. The lowest BCUT2D eigenvalue weighted by atomic mass is 9.99. The molecule has 0 radical (unpaired) electrons. The molecule has 0 aromatic heterocycles. The molecule has 3 aliphatic rings. The molecule has 3 N–H and O–H groups in total. The summed E-state index contributed by atoms with van der Waals surface area (Å²) >= 11 is 0. The van der Waals surface area contributed by atoms with Crippen LogP contribution in [0, 0.1) is 17.2 Å². The van der Waals surface area contributed by atoms with Crippen LogP contribution in [0.4, 0.5) is 8.78 Å². The summed E-state index contributed by atoms with van der Waals surface area (Å²) < 4.78 is 27.3. The van der Waals surface area contributed by atoms with E-state index in [-0.39, 0.29) is 18.7 Å². The van der Waals surface area contributed by atoms with Crippen LogP contribution >= 0.6 is 0 Å². The Morgan fingerprint density at radius 3 is 2.81 bits per heavy atom. The third-order valence-electron chi connectivity index (χ3n) is 6.28. The van der Waals surface area contributed by atoms with Gasteiger partial charge in [-0.2, -0.15) is 5.26 Å². The SMILES string of the molecule is N#CC1CC(F)(F)CN1C(=O)[C@@H]1C[C@@H](CC(=O)N2Cc3cccc(CN)c3C2)C(=O)N1. The number of nitrogens with one attached hydrogen (secondary N) is 1. The third kappa shape index (κ3) is 3.97. The van der Waals surface area contributed by atoms with Gasteiger partial charge in [-0.15, -0.1) is 0 Å². The van der Waals surface area contributed by atoms with E-state index in [0.717, 1.165) is 21.6 Å². The second-order valence-electron chi connectivity index (χ2n) is 8.38. The van der Waals surface area contributed by atoms with E-state index in [2.05, 4.69) is 5.32 Å². The van der Waals surface area contributed by atoms with Crippen LogP contribution in [0.15, 0.2) is 18.2 Å². The second-order valence-corrected chi connectivity index (χ2v) is 8.38. The van der Waals surface area contributed by atoms with Crippen LogP contribution in [-0.4, -0.2) is 52.1 Å². The number of amides is 3. The smallest absolute Gasteiger partial charge is 0.268 e. The van der Waals surface area contributed by atoms with Crippen molar-refractivity contribution in [1.82, 2.24) is 15.1 Å². The molecule has 2 fully saturated rings. The van der Waals surface area contributed by atoms with Crippen molar-refractivity contribution in [2.45, 2.75) is 56.9 Å². The number of nitrogens with two attached hydrogens (primary N) is 1. The van der Waals surface area contributed by atoms with E-state index < -0.39 is 48.7 Å². The van der Waals surface area contributed by atoms with Crippen LogP contribution in [-0.2, 0) is 34.0 Å². The lowest BCUT2D eigenvalue weighted by molar-refractivity contribution is -0.135. The van der Waals surface area contributed by atoms with Gasteiger partial charge in [0, 0.05) is 38.4 Å². The van der Waals surface area contributed by atoms with Gasteiger partial charge in [0.05, 0.1) is 12.6 Å². The number of nitrogens with zero attached hydrogens (tertiary/aromatic N) is 3. The van der Waals surface area contributed by atoms with E-state index in [4.69, 9.17) is 11.0 Å². The molecular weight excluding hydrogens is 408 g/mol. The predicted octanol–water partition coefficient (Wildman–Crippen LogP) is 0.642. The van der Waals surface area contributed by atoms with Gasteiger partial charge in [-0.25, -0.2) is 8.78 Å². The Hall–Kier alpha value is -3.06. The quantitative estimate of drug-likeness (QED) is 0.725. The number of likely N-dealkylation sites (tertiary alicyclic amines) is 1. The minimum Gasteiger partial charge on any atom is -0.344 e. The minimum absolute atomic E-state index is 0.0401. The van der Waals surface area contributed by atoms with Gasteiger partial charge in [0.2, 0.25) is 17.7 Å². The Morgan fingerprint density at radius 2 is 2.10 bits per heavy atom. The molecule has 2 saturated heterocycles. The standard InChI is InChI=1S/C21H23F2N5O3/c22-21(23)6-15(8-25)28(11-21)20(31)17-4-14(19(30)26-17)5-18(29)27-9-13-3-1-2-12(7-24)16(13)10-27/h1-3,14-15,17H,4-7,9-11,24H2,(H,26,30)/t14-,15?,17-/m0/s1. The summed E-state index contributed by atoms with van der Waals surface area (Å²) in [6, 6.07) is 5.26. The number of carbonyl (C=O) groups is 3. The molecule has 3 heterocycles. The molecular formula is C21H23F2N5O3. The fourth-order valence-corrected chi connectivity index (χ4v) is 4.64. The molecule has 0 saturated carbocycles. The van der Waals surface area contributed by atoms with Crippen molar-refractivity contribution < 1.29 is 23.2 Å². The summed E-state index contributed by atoms with van der Waals surface area (Å²) in [5.41, 5.74) is 8.80. The van der Waals surface area contributed by atoms with Gasteiger partial charge in [0.25, 0.3) is 5.92 Å². The number of halogens is 2. The Balaban J connectivity index is 1.38. The molecule has 0 aliphatic carbocycles. The molecule has 0 spiro atoms. The number of hydrogen-bond acceptors (Lipinski definition) is 5. The maximum atomic E-state index is 13.7. The van der Waals surface area contributed by atoms with Gasteiger partial charge in [-0.05, 0) is 23.1 Å². The molecule has 3 aliphatic heterocycles. The summed E-state index contributed by atoms with van der Waals surface area (Å²) in [5.74, 6) is -5.21. The molecule has 10 heteroatoms. The first-order valence-corrected chi connectivity index (χ1v) is 10.2. The second kappa shape index (κ2) is 7.89. The zero-order valence-electron chi connectivity index (χ0n) is 16.8. The normalized spacial score (nSPS) is 26.5. The largest absolute Gasteiger partial charge is 0.344 e. The lowest BCUT2D eigenvalue weighted by Gasteiger charge is -2.22. The van der Waals surface area contributed by atoms with E-state index in [1.165, 1.54) is 0 Å². The molecule has 3 amide bonds. The predicted molar refractivity (Wildman–Crippen MR) is 104 cm³/mol. The molecule has 8 nitrogen and oxygen atoms in total. The molecule has 164 valence electrons. The number of rotatable bonds is 4. The topological polar surface area (TPSA) is 120 Å². The minimum atomic E-state index is -3.12. The molecule has 1 unspecified atom stereocenters. The average molecular weight is 431 g/mol. The number of alkyl halides is 2. The van der Waals surface area contributed by atoms with Crippen molar-refractivity contribution in [1.29, 1.82) is 5.26 Å². The van der Waals surface area contributed by atoms with Crippen LogP contribution in [0.5, 0.6) is 0 Å². The van der Waals surface area contributed by atoms with Crippen molar-refractivity contribution in [3.63, 3.8) is 0 Å². The van der Waals surface area contributed by atoms with Crippen molar-refractivity contribution in [3.8, 4) is 6.07 Å². The monoisotopic (exact) mass is 431 g/mol. The highest BCUT2D eigenvalue weighted by Gasteiger charge is 2.50. The molecule has 3 atom stereocenters. The number of carbonyl (C=O) groups excluding carboxylic acids is 3. The molecule has 0 bridgehead atoms. The van der Waals surface area contributed by atoms with Crippen molar-refractivity contribution >= 4 is 17.7 Å². The van der Waals surface area contributed by atoms with Gasteiger partial charge in [-0.3, -0.25) is 14.4 Å². The zero-order chi connectivity index (χ0) is 22.3. The number of hydrogen-bond donors (Lipinski definition) is 2. The van der Waals surface area contributed by atoms with Gasteiger partial charge in [-0.1, -0.05) is 18.2 Å². The van der Waals surface area contributed by atoms with E-state index >= 15 is 0 Å². The van der Waals surface area contributed by atoms with Crippen LogP contribution in [0.3, 0.4) is 0 Å². The van der Waals surface area contributed by atoms with E-state index in [1.807, 2.05) is 18.2 Å². The van der Waals surface area contributed by atoms with E-state index in [0.29, 0.717) is 19.6 Å². The van der Waals surface area contributed by atoms with Crippen LogP contribution in [0.1, 0.15) is 36.0 Å². The number of nitriles is 1. The Bertz CT molecular complexity index is 976. The highest BCUT2D eigenvalue weighted by atomic mass is 19.3. The fraction of sp³-hybridized carbons (Fsp3) is 0.524. The third-order valence-corrected chi connectivity index (χ3v) is 6.28. The Kier molecular flexibility index (Phi) is 5.39. The van der Waals surface area contributed by atoms with E-state index in [1.54, 1.807) is 11.0 Å². The number of benzene rings is 1. The molecule has 31 heavy (non-hydrogen) atoms. The maximum Gasteiger partial charge on any atom is 0.268 e. The Labute approximate surface area is 178 Å².